The van der Waals surface area contributed by atoms with E-state index in [9.17, 15) is 14.4 Å². The Morgan fingerprint density at radius 1 is 1.06 bits per heavy atom. The van der Waals surface area contributed by atoms with E-state index >= 15 is 0 Å². The lowest BCUT2D eigenvalue weighted by Gasteiger charge is -2.31. The van der Waals surface area contributed by atoms with Gasteiger partial charge in [-0.3, -0.25) is 14.4 Å². The molecule has 32 heavy (non-hydrogen) atoms. The zero-order valence-electron chi connectivity index (χ0n) is 18.4. The highest BCUT2D eigenvalue weighted by Gasteiger charge is 2.39. The highest BCUT2D eigenvalue weighted by molar-refractivity contribution is 6.53. The number of likely N-dealkylation sites (tertiary alicyclic amines) is 1. The van der Waals surface area contributed by atoms with Crippen molar-refractivity contribution in [2.75, 3.05) is 23.3 Å². The summed E-state index contributed by atoms with van der Waals surface area (Å²) >= 11 is 6.27. The third kappa shape index (κ3) is 4.28. The molecule has 1 atom stereocenters. The summed E-state index contributed by atoms with van der Waals surface area (Å²) in [6.45, 7) is 7.44. The van der Waals surface area contributed by atoms with Gasteiger partial charge in [-0.25, -0.2) is 4.90 Å². The number of anilines is 2. The normalized spacial score (nSPS) is 19.1. The number of piperidine rings is 1. The fraction of sp³-hybridized carbons (Fsp3) is 0.320. The molecule has 0 radical (unpaired) electrons. The van der Waals surface area contributed by atoms with E-state index in [1.54, 1.807) is 36.4 Å². The second-order valence-electron chi connectivity index (χ2n) is 8.68. The van der Waals surface area contributed by atoms with Crippen molar-refractivity contribution in [2.24, 2.45) is 5.92 Å². The van der Waals surface area contributed by atoms with E-state index in [1.807, 2.05) is 24.8 Å². The molecule has 166 valence electrons. The molecule has 2 aromatic carbocycles. The van der Waals surface area contributed by atoms with Crippen molar-refractivity contribution in [1.29, 1.82) is 0 Å². The molecule has 6 nitrogen and oxygen atoms in total. The summed E-state index contributed by atoms with van der Waals surface area (Å²) in [4.78, 5) is 41.7. The molecule has 2 aromatic rings. The molecule has 0 spiro atoms. The maximum absolute atomic E-state index is 13.1. The van der Waals surface area contributed by atoms with Crippen LogP contribution in [0.3, 0.4) is 0 Å². The van der Waals surface area contributed by atoms with Crippen molar-refractivity contribution in [3.8, 4) is 0 Å². The van der Waals surface area contributed by atoms with Crippen molar-refractivity contribution >= 4 is 40.7 Å². The number of hydrogen-bond donors (Lipinski definition) is 1. The third-order valence-electron chi connectivity index (χ3n) is 5.82. The molecule has 4 rings (SSSR count). The van der Waals surface area contributed by atoms with Crippen molar-refractivity contribution in [3.05, 3.63) is 69.9 Å². The number of nitrogens with one attached hydrogen (secondary N) is 1. The Morgan fingerprint density at radius 2 is 1.78 bits per heavy atom. The summed E-state index contributed by atoms with van der Waals surface area (Å²) < 4.78 is 0. The summed E-state index contributed by atoms with van der Waals surface area (Å²) in [6, 6.07) is 12.4. The molecule has 0 aliphatic carbocycles. The Labute approximate surface area is 192 Å². The van der Waals surface area contributed by atoms with Crippen LogP contribution >= 0.6 is 11.6 Å². The van der Waals surface area contributed by atoms with Crippen molar-refractivity contribution in [1.82, 2.24) is 4.90 Å². The first-order valence-electron chi connectivity index (χ1n) is 10.8. The Bertz CT molecular complexity index is 1120. The Kier molecular flexibility index (Phi) is 6.07. The Morgan fingerprint density at radius 3 is 2.47 bits per heavy atom. The second kappa shape index (κ2) is 8.79. The van der Waals surface area contributed by atoms with Crippen LogP contribution in [0.25, 0.3) is 0 Å². The number of carbonyl (C=O) groups is 3. The average molecular weight is 452 g/mol. The molecule has 2 heterocycles. The minimum atomic E-state index is -0.571. The molecular weight excluding hydrogens is 426 g/mol. The molecule has 2 aliphatic rings. The predicted octanol–water partition coefficient (Wildman–Crippen LogP) is 4.61. The zero-order chi connectivity index (χ0) is 23.0. The standard InChI is InChI=1S/C25H26ClN3O3/c1-15-6-5-9-28(14-15)23(30)18-7-4-8-19(13-18)27-22-21(26)24(31)29(25(22)32)20-11-16(2)10-17(3)12-20/h4,7-8,10-13,15,27H,5-6,9,14H2,1-3H3. The highest BCUT2D eigenvalue weighted by Crippen LogP contribution is 2.31. The number of nitrogens with zero attached hydrogens (tertiary/aromatic N) is 2. The van der Waals surface area contributed by atoms with E-state index in [1.165, 1.54) is 0 Å². The molecule has 0 aromatic heterocycles. The van der Waals surface area contributed by atoms with Gasteiger partial charge in [0.2, 0.25) is 0 Å². The van der Waals surface area contributed by atoms with Gasteiger partial charge in [0.05, 0.1) is 5.69 Å². The van der Waals surface area contributed by atoms with E-state index < -0.39 is 11.8 Å². The molecule has 1 fully saturated rings. The van der Waals surface area contributed by atoms with Gasteiger partial charge in [-0.05, 0) is 74.1 Å². The molecule has 7 heteroatoms. The average Bonchev–Trinajstić information content (AvgIpc) is 2.96. The van der Waals surface area contributed by atoms with Gasteiger partial charge in [0, 0.05) is 24.3 Å². The van der Waals surface area contributed by atoms with Gasteiger partial charge < -0.3 is 10.2 Å². The lowest BCUT2D eigenvalue weighted by Crippen LogP contribution is -2.39. The van der Waals surface area contributed by atoms with Gasteiger partial charge in [-0.2, -0.15) is 0 Å². The van der Waals surface area contributed by atoms with Gasteiger partial charge in [0.1, 0.15) is 10.7 Å². The van der Waals surface area contributed by atoms with Gasteiger partial charge in [-0.15, -0.1) is 0 Å². The van der Waals surface area contributed by atoms with Crippen molar-refractivity contribution < 1.29 is 14.4 Å². The number of imide groups is 1. The van der Waals surface area contributed by atoms with E-state index in [0.29, 0.717) is 22.9 Å². The number of amides is 3. The summed E-state index contributed by atoms with van der Waals surface area (Å²) in [7, 11) is 0. The first-order chi connectivity index (χ1) is 15.2. The molecule has 0 saturated carbocycles. The van der Waals surface area contributed by atoms with Crippen LogP contribution in [0.15, 0.2) is 53.2 Å². The maximum Gasteiger partial charge on any atom is 0.283 e. The number of carbonyl (C=O) groups excluding carboxylic acids is 3. The predicted molar refractivity (Wildman–Crippen MR) is 126 cm³/mol. The summed E-state index contributed by atoms with van der Waals surface area (Å²) in [5, 5.41) is 2.80. The summed E-state index contributed by atoms with van der Waals surface area (Å²) in [5.74, 6) is -0.646. The van der Waals surface area contributed by atoms with E-state index in [-0.39, 0.29) is 16.6 Å². The second-order valence-corrected chi connectivity index (χ2v) is 9.06. The van der Waals surface area contributed by atoms with Crippen LogP contribution in [0.1, 0.15) is 41.3 Å². The quantitative estimate of drug-likeness (QED) is 0.689. The zero-order valence-corrected chi connectivity index (χ0v) is 19.2. The van der Waals surface area contributed by atoms with Gasteiger partial charge >= 0.3 is 0 Å². The maximum atomic E-state index is 13.1. The van der Waals surface area contributed by atoms with Crippen LogP contribution in [-0.2, 0) is 9.59 Å². The molecule has 1 N–H and O–H groups in total. The van der Waals surface area contributed by atoms with Crippen LogP contribution in [0.4, 0.5) is 11.4 Å². The SMILES string of the molecule is Cc1cc(C)cc(N2C(=O)C(Cl)=C(Nc3cccc(C(=O)N4CCCC(C)C4)c3)C2=O)c1. The molecule has 1 unspecified atom stereocenters. The van der Waals surface area contributed by atoms with Gasteiger partial charge in [0.15, 0.2) is 0 Å². The number of halogens is 1. The lowest BCUT2D eigenvalue weighted by molar-refractivity contribution is -0.120. The minimum Gasteiger partial charge on any atom is -0.350 e. The number of aryl methyl sites for hydroxylation is 2. The molecule has 0 bridgehead atoms. The Hall–Kier alpha value is -3.12. The molecule has 1 saturated heterocycles. The topological polar surface area (TPSA) is 69.7 Å². The highest BCUT2D eigenvalue weighted by atomic mass is 35.5. The van der Waals surface area contributed by atoms with Crippen LogP contribution in [0.5, 0.6) is 0 Å². The third-order valence-corrected chi connectivity index (χ3v) is 6.17. The fourth-order valence-electron chi connectivity index (χ4n) is 4.36. The van der Waals surface area contributed by atoms with Crippen LogP contribution < -0.4 is 10.2 Å². The van der Waals surface area contributed by atoms with Crippen LogP contribution in [-0.4, -0.2) is 35.7 Å². The number of benzene rings is 2. The first kappa shape index (κ1) is 22.1. The summed E-state index contributed by atoms with van der Waals surface area (Å²) in [5.41, 5.74) is 3.43. The van der Waals surface area contributed by atoms with E-state index in [0.717, 1.165) is 42.0 Å². The molecular formula is C25H26ClN3O3. The molecule has 2 aliphatic heterocycles. The lowest BCUT2D eigenvalue weighted by atomic mass is 9.99. The van der Waals surface area contributed by atoms with Crippen molar-refractivity contribution in [3.63, 3.8) is 0 Å². The Balaban J connectivity index is 1.56. The smallest absolute Gasteiger partial charge is 0.283 e. The number of hydrogen-bond acceptors (Lipinski definition) is 4. The first-order valence-corrected chi connectivity index (χ1v) is 11.2. The van der Waals surface area contributed by atoms with Crippen LogP contribution in [0.2, 0.25) is 0 Å². The fourth-order valence-corrected chi connectivity index (χ4v) is 4.57. The van der Waals surface area contributed by atoms with Crippen molar-refractivity contribution in [2.45, 2.75) is 33.6 Å². The van der Waals surface area contributed by atoms with Crippen LogP contribution in [0, 0.1) is 19.8 Å². The van der Waals surface area contributed by atoms with E-state index in [2.05, 4.69) is 12.2 Å². The van der Waals surface area contributed by atoms with E-state index in [4.69, 9.17) is 11.6 Å². The monoisotopic (exact) mass is 451 g/mol. The largest absolute Gasteiger partial charge is 0.350 e. The number of rotatable bonds is 4. The minimum absolute atomic E-state index is 0.00650. The van der Waals surface area contributed by atoms with Gasteiger partial charge in [-0.1, -0.05) is 30.7 Å². The molecule has 3 amide bonds. The van der Waals surface area contributed by atoms with Gasteiger partial charge in [0.25, 0.3) is 17.7 Å². The summed E-state index contributed by atoms with van der Waals surface area (Å²) in [6.07, 6.45) is 2.13.